The highest BCUT2D eigenvalue weighted by molar-refractivity contribution is 5.85. The number of amides is 1. The van der Waals surface area contributed by atoms with Crippen LogP contribution >= 0.6 is 0 Å². The molecule has 1 aromatic carbocycles. The van der Waals surface area contributed by atoms with E-state index in [2.05, 4.69) is 5.32 Å². The largest absolute Gasteiger partial charge is 0.450 e. The van der Waals surface area contributed by atoms with Crippen molar-refractivity contribution in [2.75, 3.05) is 11.9 Å². The molecule has 1 amide bonds. The Hall–Kier alpha value is -2.04. The van der Waals surface area contributed by atoms with Crippen molar-refractivity contribution in [2.24, 2.45) is 5.92 Å². The molecule has 0 heterocycles. The molecule has 19 heavy (non-hydrogen) atoms. The van der Waals surface area contributed by atoms with E-state index in [0.717, 1.165) is 19.3 Å². The maximum atomic E-state index is 11.7. The van der Waals surface area contributed by atoms with Gasteiger partial charge in [0.2, 0.25) is 0 Å². The summed E-state index contributed by atoms with van der Waals surface area (Å²) in [5.41, 5.74) is 0.539. The van der Waals surface area contributed by atoms with Gasteiger partial charge in [-0.05, 0) is 31.9 Å². The topological polar surface area (TPSA) is 64.6 Å². The lowest BCUT2D eigenvalue weighted by Gasteiger charge is -2.22. The third kappa shape index (κ3) is 3.71. The van der Waals surface area contributed by atoms with E-state index in [9.17, 15) is 9.59 Å². The Bertz CT molecular complexity index is 468. The molecule has 0 unspecified atom stereocenters. The molecule has 0 atom stereocenters. The van der Waals surface area contributed by atoms with Crippen LogP contribution in [0.4, 0.5) is 10.5 Å². The van der Waals surface area contributed by atoms with Crippen LogP contribution in [-0.4, -0.2) is 18.7 Å². The van der Waals surface area contributed by atoms with Crippen molar-refractivity contribution < 1.29 is 19.1 Å². The Morgan fingerprint density at radius 2 is 2.16 bits per heavy atom. The minimum absolute atomic E-state index is 0.0293. The van der Waals surface area contributed by atoms with E-state index in [4.69, 9.17) is 9.47 Å². The number of carbonyl (C=O) groups excluding carboxylic acids is 2. The summed E-state index contributed by atoms with van der Waals surface area (Å²) in [4.78, 5) is 23.0. The summed E-state index contributed by atoms with van der Waals surface area (Å²) in [6.07, 6.45) is 2.37. The first-order valence-electron chi connectivity index (χ1n) is 6.44. The maximum absolute atomic E-state index is 11.7. The molecule has 1 aliphatic carbocycles. The second-order valence-corrected chi connectivity index (χ2v) is 4.42. The third-order valence-corrected chi connectivity index (χ3v) is 3.01. The summed E-state index contributed by atoms with van der Waals surface area (Å²) >= 11 is 0. The molecule has 5 nitrogen and oxygen atoms in total. The summed E-state index contributed by atoms with van der Waals surface area (Å²) in [6, 6.07) is 6.71. The van der Waals surface area contributed by atoms with E-state index in [-0.39, 0.29) is 11.9 Å². The van der Waals surface area contributed by atoms with Crippen molar-refractivity contribution in [3.8, 4) is 5.75 Å². The summed E-state index contributed by atoms with van der Waals surface area (Å²) in [5, 5.41) is 2.56. The van der Waals surface area contributed by atoms with E-state index >= 15 is 0 Å². The smallest absolute Gasteiger partial charge is 0.411 e. The number of ether oxygens (including phenoxy) is 2. The number of carbonyl (C=O) groups is 2. The van der Waals surface area contributed by atoms with Gasteiger partial charge in [0.1, 0.15) is 5.75 Å². The standard InChI is InChI=1S/C14H17NO4/c1-2-18-14(17)15-11-7-4-8-12(9-11)19-13(16)10-5-3-6-10/h4,7-10H,2-3,5-6H2,1H3,(H,15,17). The average Bonchev–Trinajstić information content (AvgIpc) is 2.26. The number of benzene rings is 1. The number of hydrogen-bond donors (Lipinski definition) is 1. The number of hydrogen-bond acceptors (Lipinski definition) is 4. The van der Waals surface area contributed by atoms with Gasteiger partial charge in [-0.1, -0.05) is 12.5 Å². The molecular weight excluding hydrogens is 246 g/mol. The normalized spacial score (nSPS) is 14.4. The first kappa shape index (κ1) is 13.4. The van der Waals surface area contributed by atoms with Crippen molar-refractivity contribution in [2.45, 2.75) is 26.2 Å². The van der Waals surface area contributed by atoms with Crippen LogP contribution in [-0.2, 0) is 9.53 Å². The lowest BCUT2D eigenvalue weighted by atomic mass is 9.86. The molecule has 1 aromatic rings. The van der Waals surface area contributed by atoms with Gasteiger partial charge in [0.15, 0.2) is 0 Å². The number of esters is 1. The summed E-state index contributed by atoms with van der Waals surface area (Å²) < 4.78 is 10.0. The Kier molecular flexibility index (Phi) is 4.39. The molecule has 1 fully saturated rings. The fourth-order valence-electron chi connectivity index (χ4n) is 1.77. The minimum atomic E-state index is -0.523. The zero-order valence-corrected chi connectivity index (χ0v) is 10.8. The number of rotatable bonds is 4. The van der Waals surface area contributed by atoms with Gasteiger partial charge in [-0.25, -0.2) is 4.79 Å². The molecule has 0 radical (unpaired) electrons. The van der Waals surface area contributed by atoms with Crippen molar-refractivity contribution in [3.05, 3.63) is 24.3 Å². The van der Waals surface area contributed by atoms with Crippen LogP contribution in [0.1, 0.15) is 26.2 Å². The van der Waals surface area contributed by atoms with Crippen LogP contribution < -0.4 is 10.1 Å². The van der Waals surface area contributed by atoms with Crippen molar-refractivity contribution in [1.29, 1.82) is 0 Å². The van der Waals surface area contributed by atoms with Gasteiger partial charge in [0.25, 0.3) is 0 Å². The zero-order chi connectivity index (χ0) is 13.7. The predicted molar refractivity (Wildman–Crippen MR) is 70.1 cm³/mol. The SMILES string of the molecule is CCOC(=O)Nc1cccc(OC(=O)C2CCC2)c1. The highest BCUT2D eigenvalue weighted by Gasteiger charge is 2.27. The minimum Gasteiger partial charge on any atom is -0.450 e. The first-order valence-corrected chi connectivity index (χ1v) is 6.44. The Morgan fingerprint density at radius 3 is 2.79 bits per heavy atom. The quantitative estimate of drug-likeness (QED) is 0.670. The molecule has 1 N–H and O–H groups in total. The van der Waals surface area contributed by atoms with E-state index in [0.29, 0.717) is 18.0 Å². The van der Waals surface area contributed by atoms with Gasteiger partial charge in [-0.15, -0.1) is 0 Å². The molecule has 0 bridgehead atoms. The van der Waals surface area contributed by atoms with Crippen LogP contribution in [0.5, 0.6) is 5.75 Å². The average molecular weight is 263 g/mol. The van der Waals surface area contributed by atoms with Gasteiger partial charge in [-0.3, -0.25) is 10.1 Å². The Labute approximate surface area is 111 Å². The number of anilines is 1. The maximum Gasteiger partial charge on any atom is 0.411 e. The van der Waals surface area contributed by atoms with Crippen LogP contribution in [0, 0.1) is 5.92 Å². The molecule has 0 saturated heterocycles. The number of nitrogens with one attached hydrogen (secondary N) is 1. The monoisotopic (exact) mass is 263 g/mol. The fourth-order valence-corrected chi connectivity index (χ4v) is 1.77. The van der Waals surface area contributed by atoms with E-state index in [1.54, 1.807) is 31.2 Å². The summed E-state index contributed by atoms with van der Waals surface area (Å²) in [7, 11) is 0. The Morgan fingerprint density at radius 1 is 1.37 bits per heavy atom. The van der Waals surface area contributed by atoms with Crippen LogP contribution in [0.25, 0.3) is 0 Å². The van der Waals surface area contributed by atoms with Crippen LogP contribution in [0.15, 0.2) is 24.3 Å². The zero-order valence-electron chi connectivity index (χ0n) is 10.8. The molecular formula is C14H17NO4. The molecule has 1 aliphatic rings. The van der Waals surface area contributed by atoms with E-state index in [1.807, 2.05) is 0 Å². The van der Waals surface area contributed by atoms with Crippen LogP contribution in [0.2, 0.25) is 0 Å². The lowest BCUT2D eigenvalue weighted by Crippen LogP contribution is -2.26. The van der Waals surface area contributed by atoms with Gasteiger partial charge >= 0.3 is 12.1 Å². The molecule has 1 saturated carbocycles. The Balaban J connectivity index is 1.94. The highest BCUT2D eigenvalue weighted by atomic mass is 16.5. The molecule has 0 aromatic heterocycles. The second kappa shape index (κ2) is 6.22. The fraction of sp³-hybridized carbons (Fsp3) is 0.429. The van der Waals surface area contributed by atoms with Crippen molar-refractivity contribution in [1.82, 2.24) is 0 Å². The molecule has 2 rings (SSSR count). The van der Waals surface area contributed by atoms with Gasteiger partial charge in [0, 0.05) is 11.8 Å². The molecule has 0 spiro atoms. The van der Waals surface area contributed by atoms with Gasteiger partial charge < -0.3 is 9.47 Å². The highest BCUT2D eigenvalue weighted by Crippen LogP contribution is 2.28. The van der Waals surface area contributed by atoms with Gasteiger partial charge in [0.05, 0.1) is 12.5 Å². The first-order chi connectivity index (χ1) is 9.19. The molecule has 0 aliphatic heterocycles. The van der Waals surface area contributed by atoms with Crippen LogP contribution in [0.3, 0.4) is 0 Å². The van der Waals surface area contributed by atoms with Crippen molar-refractivity contribution >= 4 is 17.7 Å². The molecule has 5 heteroatoms. The third-order valence-electron chi connectivity index (χ3n) is 3.01. The van der Waals surface area contributed by atoms with Crippen molar-refractivity contribution in [3.63, 3.8) is 0 Å². The second-order valence-electron chi connectivity index (χ2n) is 4.42. The molecule has 102 valence electrons. The predicted octanol–water partition coefficient (Wildman–Crippen LogP) is 2.96. The lowest BCUT2D eigenvalue weighted by molar-refractivity contribution is -0.141. The summed E-state index contributed by atoms with van der Waals surface area (Å²) in [6.45, 7) is 2.04. The summed E-state index contributed by atoms with van der Waals surface area (Å²) in [5.74, 6) is 0.271. The van der Waals surface area contributed by atoms with E-state index in [1.165, 1.54) is 0 Å². The van der Waals surface area contributed by atoms with Gasteiger partial charge in [-0.2, -0.15) is 0 Å². The van der Waals surface area contributed by atoms with E-state index < -0.39 is 6.09 Å².